The lowest BCUT2D eigenvalue weighted by atomic mass is 10.2. The van der Waals surface area contributed by atoms with Crippen molar-refractivity contribution in [2.24, 2.45) is 0 Å². The highest BCUT2D eigenvalue weighted by molar-refractivity contribution is 7.93. The summed E-state index contributed by atoms with van der Waals surface area (Å²) in [5, 5.41) is 1.49. The lowest BCUT2D eigenvalue weighted by Gasteiger charge is -2.24. The molecule has 0 fully saturated rings. The summed E-state index contributed by atoms with van der Waals surface area (Å²) >= 11 is 0. The molecule has 0 aliphatic heterocycles. The van der Waals surface area contributed by atoms with Crippen LogP contribution in [0.1, 0.15) is 0 Å². The smallest absolute Gasteiger partial charge is 0.270 e. The van der Waals surface area contributed by atoms with Crippen LogP contribution >= 0.6 is 0 Å². The fourth-order valence-corrected chi connectivity index (χ4v) is 4.30. The van der Waals surface area contributed by atoms with Crippen molar-refractivity contribution in [3.63, 3.8) is 0 Å². The molecule has 0 spiro atoms. The van der Waals surface area contributed by atoms with Gasteiger partial charge in [0.25, 0.3) is 10.0 Å². The number of ether oxygens (including phenoxy) is 1. The number of hydrogen-bond acceptors (Lipinski definition) is 7. The van der Waals surface area contributed by atoms with Crippen LogP contribution in [0, 0.1) is 5.95 Å². The van der Waals surface area contributed by atoms with Crippen molar-refractivity contribution in [3.05, 3.63) is 73.3 Å². The first-order chi connectivity index (χ1) is 14.0. The summed E-state index contributed by atoms with van der Waals surface area (Å²) < 4.78 is 46.9. The number of nitrogens with zero attached hydrogens (tertiary/aromatic N) is 5. The molecule has 146 valence electrons. The first kappa shape index (κ1) is 18.7. The Hall–Kier alpha value is -3.66. The molecule has 0 N–H and O–H groups in total. The van der Waals surface area contributed by atoms with E-state index >= 15 is 0 Å². The van der Waals surface area contributed by atoms with Gasteiger partial charge in [-0.15, -0.1) is 0 Å². The summed E-state index contributed by atoms with van der Waals surface area (Å²) in [6, 6.07) is 10.1. The van der Waals surface area contributed by atoms with E-state index in [1.807, 2.05) is 0 Å². The average Bonchev–Trinajstić information content (AvgIpc) is 2.75. The zero-order valence-corrected chi connectivity index (χ0v) is 15.9. The summed E-state index contributed by atoms with van der Waals surface area (Å²) in [4.78, 5) is 15.6. The number of hydrogen-bond donors (Lipinski definition) is 0. The van der Waals surface area contributed by atoms with E-state index in [1.54, 1.807) is 24.5 Å². The lowest BCUT2D eigenvalue weighted by Crippen LogP contribution is -2.28. The molecule has 4 rings (SSSR count). The van der Waals surface area contributed by atoms with E-state index in [-0.39, 0.29) is 22.3 Å². The van der Waals surface area contributed by atoms with E-state index in [0.29, 0.717) is 5.39 Å². The van der Waals surface area contributed by atoms with Crippen LogP contribution in [0.5, 0.6) is 5.88 Å². The molecule has 3 aromatic heterocycles. The highest BCUT2D eigenvalue weighted by Gasteiger charge is 2.31. The molecule has 0 aliphatic carbocycles. The first-order valence-electron chi connectivity index (χ1n) is 8.36. The topological polar surface area (TPSA) is 98.2 Å². The van der Waals surface area contributed by atoms with Gasteiger partial charge in [-0.1, -0.05) is 6.07 Å². The zero-order valence-electron chi connectivity index (χ0n) is 15.1. The monoisotopic (exact) mass is 411 g/mol. The van der Waals surface area contributed by atoms with Gasteiger partial charge >= 0.3 is 0 Å². The molecule has 10 heteroatoms. The second-order valence-electron chi connectivity index (χ2n) is 5.88. The minimum Gasteiger partial charge on any atom is -0.479 e. The van der Waals surface area contributed by atoms with Crippen molar-refractivity contribution < 1.29 is 17.5 Å². The standard InChI is InChI=1S/C19H14FN5O3S/c1-28-19-16(4-5-17(20)24-19)25(18-7-9-22-12-23-18)29(26,27)15-3-2-14-11-21-8-6-13(14)10-15/h2-12H,1H3. The van der Waals surface area contributed by atoms with Gasteiger partial charge in [0.15, 0.2) is 5.82 Å². The van der Waals surface area contributed by atoms with Crippen molar-refractivity contribution in [2.45, 2.75) is 4.90 Å². The van der Waals surface area contributed by atoms with Gasteiger partial charge in [0.2, 0.25) is 11.8 Å². The second-order valence-corrected chi connectivity index (χ2v) is 7.67. The van der Waals surface area contributed by atoms with Gasteiger partial charge in [0, 0.05) is 30.0 Å². The van der Waals surface area contributed by atoms with Crippen LogP contribution in [0.4, 0.5) is 15.9 Å². The van der Waals surface area contributed by atoms with Crippen LogP contribution in [-0.4, -0.2) is 35.5 Å². The molecular weight excluding hydrogens is 397 g/mol. The number of fused-ring (bicyclic) bond motifs is 1. The summed E-state index contributed by atoms with van der Waals surface area (Å²) in [6.45, 7) is 0. The van der Waals surface area contributed by atoms with Crippen LogP contribution in [0.25, 0.3) is 10.8 Å². The number of benzene rings is 1. The maximum Gasteiger partial charge on any atom is 0.270 e. The van der Waals surface area contributed by atoms with Crippen molar-refractivity contribution in [3.8, 4) is 5.88 Å². The van der Waals surface area contributed by atoms with Gasteiger partial charge in [-0.2, -0.15) is 9.37 Å². The average molecular weight is 411 g/mol. The zero-order chi connectivity index (χ0) is 20.4. The third-order valence-corrected chi connectivity index (χ3v) is 5.86. The van der Waals surface area contributed by atoms with E-state index in [9.17, 15) is 12.8 Å². The molecule has 0 atom stereocenters. The minimum absolute atomic E-state index is 0.0150. The minimum atomic E-state index is -4.16. The molecule has 0 bridgehead atoms. The van der Waals surface area contributed by atoms with Crippen LogP contribution in [0.15, 0.2) is 72.3 Å². The Morgan fingerprint density at radius 1 is 1.00 bits per heavy atom. The van der Waals surface area contributed by atoms with Crippen LogP contribution in [0.2, 0.25) is 0 Å². The molecule has 0 amide bonds. The largest absolute Gasteiger partial charge is 0.479 e. The van der Waals surface area contributed by atoms with Crippen LogP contribution in [0.3, 0.4) is 0 Å². The molecule has 0 saturated carbocycles. The molecule has 29 heavy (non-hydrogen) atoms. The molecule has 0 radical (unpaired) electrons. The molecule has 8 nitrogen and oxygen atoms in total. The quantitative estimate of drug-likeness (QED) is 0.465. The number of pyridine rings is 2. The SMILES string of the molecule is COc1nc(F)ccc1N(c1ccncn1)S(=O)(=O)c1ccc2cnccc2c1. The maximum absolute atomic E-state index is 13.6. The Kier molecular flexibility index (Phi) is 4.77. The molecular formula is C19H14FN5O3S. The number of aromatic nitrogens is 4. The van der Waals surface area contributed by atoms with Gasteiger partial charge in [-0.25, -0.2) is 22.7 Å². The number of sulfonamides is 1. The third-order valence-electron chi connectivity index (χ3n) is 4.14. The normalized spacial score (nSPS) is 11.4. The van der Waals surface area contributed by atoms with Crippen molar-refractivity contribution in [1.82, 2.24) is 19.9 Å². The molecule has 4 aromatic rings. The number of anilines is 2. The Morgan fingerprint density at radius 2 is 1.83 bits per heavy atom. The fourth-order valence-electron chi connectivity index (χ4n) is 2.82. The predicted molar refractivity (Wildman–Crippen MR) is 104 cm³/mol. The summed E-state index contributed by atoms with van der Waals surface area (Å²) in [6.07, 6.45) is 5.84. The summed E-state index contributed by atoms with van der Waals surface area (Å²) in [7, 11) is -2.89. The Bertz CT molecular complexity index is 1290. The van der Waals surface area contributed by atoms with E-state index in [0.717, 1.165) is 15.8 Å². The second kappa shape index (κ2) is 7.40. The fraction of sp³-hybridized carbons (Fsp3) is 0.0526. The molecule has 0 aliphatic rings. The van der Waals surface area contributed by atoms with Crippen molar-refractivity contribution >= 4 is 32.3 Å². The van der Waals surface area contributed by atoms with Gasteiger partial charge in [0.05, 0.1) is 12.0 Å². The number of rotatable bonds is 5. The maximum atomic E-state index is 13.6. The Balaban J connectivity index is 1.95. The van der Waals surface area contributed by atoms with Gasteiger partial charge in [0.1, 0.15) is 12.0 Å². The molecule has 0 saturated heterocycles. The van der Waals surface area contributed by atoms with E-state index in [4.69, 9.17) is 4.74 Å². The van der Waals surface area contributed by atoms with Crippen molar-refractivity contribution in [2.75, 3.05) is 11.4 Å². The Labute approximate surface area is 165 Å². The predicted octanol–water partition coefficient (Wildman–Crippen LogP) is 3.09. The van der Waals surface area contributed by atoms with E-state index < -0.39 is 16.0 Å². The molecule has 3 heterocycles. The highest BCUT2D eigenvalue weighted by Crippen LogP contribution is 2.36. The number of halogens is 1. The van der Waals surface area contributed by atoms with Gasteiger partial charge < -0.3 is 4.74 Å². The highest BCUT2D eigenvalue weighted by atomic mass is 32.2. The first-order valence-corrected chi connectivity index (χ1v) is 9.80. The lowest BCUT2D eigenvalue weighted by molar-refractivity contribution is 0.389. The number of methoxy groups -OCH3 is 1. The Morgan fingerprint density at radius 3 is 2.59 bits per heavy atom. The van der Waals surface area contributed by atoms with E-state index in [2.05, 4.69) is 19.9 Å². The third kappa shape index (κ3) is 3.45. The van der Waals surface area contributed by atoms with Crippen molar-refractivity contribution in [1.29, 1.82) is 0 Å². The summed E-state index contributed by atoms with van der Waals surface area (Å²) in [5.41, 5.74) is 0.0161. The molecule has 1 aromatic carbocycles. The molecule has 0 unspecified atom stereocenters. The van der Waals surface area contributed by atoms with Gasteiger partial charge in [-0.3, -0.25) is 4.98 Å². The summed E-state index contributed by atoms with van der Waals surface area (Å²) in [5.74, 6) is -0.942. The van der Waals surface area contributed by atoms with Crippen LogP contribution < -0.4 is 9.04 Å². The van der Waals surface area contributed by atoms with E-state index in [1.165, 1.54) is 43.9 Å². The van der Waals surface area contributed by atoms with Gasteiger partial charge in [-0.05, 0) is 35.7 Å². The van der Waals surface area contributed by atoms with Crippen LogP contribution in [-0.2, 0) is 10.0 Å².